The largest absolute Gasteiger partial charge is 0.462 e. The maximum atomic E-state index is 12.9. The summed E-state index contributed by atoms with van der Waals surface area (Å²) in [4.78, 5) is 38.3. The van der Waals surface area contributed by atoms with E-state index in [1.807, 2.05) is 0 Å². The summed E-state index contributed by atoms with van der Waals surface area (Å²) in [7, 11) is 0. The van der Waals surface area contributed by atoms with E-state index >= 15 is 0 Å². The zero-order valence-electron chi connectivity index (χ0n) is 53.7. The predicted molar refractivity (Wildman–Crippen MR) is 357 cm³/mol. The van der Waals surface area contributed by atoms with Gasteiger partial charge in [-0.1, -0.05) is 316 Å². The average molecular weight is 1140 g/mol. The second kappa shape index (κ2) is 69.3. The Morgan fingerprint density at radius 2 is 0.476 bits per heavy atom. The molecule has 1 unspecified atom stereocenters. The summed E-state index contributed by atoms with van der Waals surface area (Å²) in [6.45, 7) is 6.41. The molecule has 0 bridgehead atoms. The van der Waals surface area contributed by atoms with Crippen molar-refractivity contribution in [3.63, 3.8) is 0 Å². The molecule has 0 amide bonds. The summed E-state index contributed by atoms with van der Waals surface area (Å²) in [6, 6.07) is 0. The molecule has 0 rings (SSSR count). The Balaban J connectivity index is 4.17. The molecule has 0 saturated carbocycles. The quantitative estimate of drug-likeness (QED) is 0.0261. The van der Waals surface area contributed by atoms with Gasteiger partial charge in [0.1, 0.15) is 13.2 Å². The monoisotopic (exact) mass is 1140 g/mol. The molecule has 0 spiro atoms. The Labute approximate surface area is 507 Å². The number of allylic oxidation sites excluding steroid dienone is 20. The Morgan fingerprint density at radius 1 is 0.256 bits per heavy atom. The molecule has 0 saturated heterocycles. The zero-order chi connectivity index (χ0) is 59.2. The third-order valence-corrected chi connectivity index (χ3v) is 14.7. The van der Waals surface area contributed by atoms with Crippen molar-refractivity contribution in [2.75, 3.05) is 13.2 Å². The van der Waals surface area contributed by atoms with Gasteiger partial charge in [0.2, 0.25) is 0 Å². The van der Waals surface area contributed by atoms with Gasteiger partial charge in [0, 0.05) is 19.3 Å². The molecule has 6 heteroatoms. The van der Waals surface area contributed by atoms with Gasteiger partial charge in [0.25, 0.3) is 0 Å². The molecular weight excluding hydrogens is 1010 g/mol. The first kappa shape index (κ1) is 77.8. The van der Waals surface area contributed by atoms with Crippen LogP contribution in [-0.2, 0) is 28.6 Å². The Kier molecular flexibility index (Phi) is 65.8. The number of esters is 3. The summed E-state index contributed by atoms with van der Waals surface area (Å²) in [5.74, 6) is -0.898. The molecule has 82 heavy (non-hydrogen) atoms. The summed E-state index contributed by atoms with van der Waals surface area (Å²) in [5.41, 5.74) is 0. The molecule has 0 aromatic heterocycles. The van der Waals surface area contributed by atoms with E-state index in [9.17, 15) is 14.4 Å². The molecule has 0 aliphatic carbocycles. The molecule has 1 atom stereocenters. The van der Waals surface area contributed by atoms with E-state index in [-0.39, 0.29) is 31.1 Å². The normalized spacial score (nSPS) is 12.9. The Morgan fingerprint density at radius 3 is 0.744 bits per heavy atom. The van der Waals surface area contributed by atoms with Crippen molar-refractivity contribution in [1.82, 2.24) is 0 Å². The second-order valence-electron chi connectivity index (χ2n) is 22.7. The maximum Gasteiger partial charge on any atom is 0.306 e. The van der Waals surface area contributed by atoms with E-state index in [1.165, 1.54) is 148 Å². The van der Waals surface area contributed by atoms with Gasteiger partial charge < -0.3 is 14.2 Å². The molecule has 6 nitrogen and oxygen atoms in total. The van der Waals surface area contributed by atoms with E-state index in [0.717, 1.165) is 135 Å². The number of carbonyl (C=O) groups is 3. The van der Waals surface area contributed by atoms with Crippen molar-refractivity contribution >= 4 is 17.9 Å². The van der Waals surface area contributed by atoms with Crippen LogP contribution in [0.4, 0.5) is 0 Å². The Hall–Kier alpha value is -4.19. The zero-order valence-corrected chi connectivity index (χ0v) is 53.7. The van der Waals surface area contributed by atoms with Crippen LogP contribution in [-0.4, -0.2) is 37.2 Å². The van der Waals surface area contributed by atoms with Crippen LogP contribution >= 0.6 is 0 Å². The standard InChI is InChI=1S/C76H128O6/c1-4-7-10-13-16-19-22-25-27-29-30-31-32-33-34-35-36-37-38-39-40-41-42-43-44-45-46-48-49-51-54-57-60-63-66-69-75(78)81-72-73(71-80-74(77)68-65-62-59-56-53-24-21-18-15-12-9-6-3)82-76(79)70-67-64-61-58-55-52-50-47-28-26-23-20-17-14-11-8-5-2/h7-8,10-11,16-17,19-20,25-28,30-31,33-34,36-37,50,52,73H,4-6,9,12-15,18,21-24,29,32,35,38-49,51,53-72H2,1-3H3/b10-7-,11-8-,19-16-,20-17-,27-25-,28-26-,31-30-,34-33-,37-36-,52-50-. The first-order valence-corrected chi connectivity index (χ1v) is 34.5. The number of hydrogen-bond acceptors (Lipinski definition) is 6. The summed E-state index contributed by atoms with van der Waals surface area (Å²) in [6.07, 6.45) is 96.6. The van der Waals surface area contributed by atoms with E-state index in [4.69, 9.17) is 14.2 Å². The maximum absolute atomic E-state index is 12.9. The van der Waals surface area contributed by atoms with Crippen LogP contribution in [0, 0.1) is 0 Å². The lowest BCUT2D eigenvalue weighted by molar-refractivity contribution is -0.167. The van der Waals surface area contributed by atoms with Crippen LogP contribution in [0.3, 0.4) is 0 Å². The number of ether oxygens (including phenoxy) is 3. The Bertz CT molecular complexity index is 1690. The number of rotatable bonds is 62. The highest BCUT2D eigenvalue weighted by molar-refractivity contribution is 5.71. The molecule has 468 valence electrons. The first-order chi connectivity index (χ1) is 40.5. The van der Waals surface area contributed by atoms with Gasteiger partial charge in [-0.3, -0.25) is 14.4 Å². The minimum absolute atomic E-state index is 0.0850. The van der Waals surface area contributed by atoms with Crippen molar-refractivity contribution < 1.29 is 28.6 Å². The topological polar surface area (TPSA) is 78.9 Å². The van der Waals surface area contributed by atoms with Gasteiger partial charge in [0.05, 0.1) is 0 Å². The van der Waals surface area contributed by atoms with Gasteiger partial charge in [-0.15, -0.1) is 0 Å². The molecule has 0 aliphatic rings. The summed E-state index contributed by atoms with van der Waals surface area (Å²) >= 11 is 0. The minimum Gasteiger partial charge on any atom is -0.462 e. The van der Waals surface area contributed by atoms with Crippen LogP contribution in [0.15, 0.2) is 122 Å². The van der Waals surface area contributed by atoms with E-state index in [2.05, 4.69) is 142 Å². The van der Waals surface area contributed by atoms with Gasteiger partial charge in [-0.2, -0.15) is 0 Å². The van der Waals surface area contributed by atoms with Gasteiger partial charge in [-0.05, 0) is 109 Å². The molecule has 0 radical (unpaired) electrons. The van der Waals surface area contributed by atoms with Crippen LogP contribution in [0.5, 0.6) is 0 Å². The van der Waals surface area contributed by atoms with Crippen LogP contribution in [0.25, 0.3) is 0 Å². The van der Waals surface area contributed by atoms with Crippen LogP contribution in [0.2, 0.25) is 0 Å². The molecule has 0 aliphatic heterocycles. The number of hydrogen-bond donors (Lipinski definition) is 0. The summed E-state index contributed by atoms with van der Waals surface area (Å²) in [5, 5.41) is 0. The lowest BCUT2D eigenvalue weighted by Crippen LogP contribution is -2.30. The van der Waals surface area contributed by atoms with E-state index in [1.54, 1.807) is 0 Å². The lowest BCUT2D eigenvalue weighted by atomic mass is 10.0. The third kappa shape index (κ3) is 66.6. The van der Waals surface area contributed by atoms with E-state index in [0.29, 0.717) is 19.3 Å². The van der Waals surface area contributed by atoms with Crippen molar-refractivity contribution in [1.29, 1.82) is 0 Å². The van der Waals surface area contributed by atoms with Gasteiger partial charge in [-0.25, -0.2) is 0 Å². The van der Waals surface area contributed by atoms with Gasteiger partial charge >= 0.3 is 17.9 Å². The highest BCUT2D eigenvalue weighted by Gasteiger charge is 2.19. The van der Waals surface area contributed by atoms with Crippen LogP contribution < -0.4 is 0 Å². The summed E-state index contributed by atoms with van der Waals surface area (Å²) < 4.78 is 16.9. The highest BCUT2D eigenvalue weighted by atomic mass is 16.6. The van der Waals surface area contributed by atoms with Crippen molar-refractivity contribution in [3.05, 3.63) is 122 Å². The van der Waals surface area contributed by atoms with Crippen LogP contribution in [0.1, 0.15) is 323 Å². The van der Waals surface area contributed by atoms with E-state index < -0.39 is 6.10 Å². The number of unbranched alkanes of at least 4 members (excludes halogenated alkanes) is 31. The highest BCUT2D eigenvalue weighted by Crippen LogP contribution is 2.17. The third-order valence-electron chi connectivity index (χ3n) is 14.7. The second-order valence-corrected chi connectivity index (χ2v) is 22.7. The molecule has 0 N–H and O–H groups in total. The average Bonchev–Trinajstić information content (AvgIpc) is 3.47. The minimum atomic E-state index is -0.791. The molecular formula is C76H128O6. The molecule has 0 heterocycles. The smallest absolute Gasteiger partial charge is 0.306 e. The van der Waals surface area contributed by atoms with Gasteiger partial charge in [0.15, 0.2) is 6.10 Å². The predicted octanol–water partition coefficient (Wildman–Crippen LogP) is 23.9. The fourth-order valence-corrected chi connectivity index (χ4v) is 9.62. The van der Waals surface area contributed by atoms with Crippen molar-refractivity contribution in [3.8, 4) is 0 Å². The van der Waals surface area contributed by atoms with Crippen molar-refractivity contribution in [2.45, 2.75) is 329 Å². The fourth-order valence-electron chi connectivity index (χ4n) is 9.62. The SMILES string of the molecule is CC/C=C\C/C=C\C/C=C\C/C=C\C/C=C\C/C=C\CCCCCCCCCCCCCCCCCCC(=O)OCC(COC(=O)CCCCCCCCCCCCCC)OC(=O)CCCCCC/C=C\C/C=C\C/C=C\C/C=C\CC. The molecule has 0 aromatic rings. The molecule has 0 fully saturated rings. The lowest BCUT2D eigenvalue weighted by Gasteiger charge is -2.18. The molecule has 0 aromatic carbocycles. The number of carbonyl (C=O) groups excluding carboxylic acids is 3. The fraction of sp³-hybridized carbons (Fsp3) is 0.697. The van der Waals surface area contributed by atoms with Crippen molar-refractivity contribution in [2.24, 2.45) is 0 Å². The first-order valence-electron chi connectivity index (χ1n) is 34.5.